The van der Waals surface area contributed by atoms with Crippen LogP contribution >= 0.6 is 15.9 Å². The number of fused-ring (bicyclic) bond motifs is 2. The van der Waals surface area contributed by atoms with Gasteiger partial charge in [0, 0.05) is 18.3 Å². The summed E-state index contributed by atoms with van der Waals surface area (Å²) in [4.78, 5) is 12.0. The van der Waals surface area contributed by atoms with Gasteiger partial charge in [-0.3, -0.25) is 4.79 Å². The van der Waals surface area contributed by atoms with Crippen molar-refractivity contribution in [1.29, 1.82) is 0 Å². The molecular formula is C15H26BrNO. The lowest BCUT2D eigenvalue weighted by Gasteiger charge is -2.25. The number of hydrogen-bond donors (Lipinski definition) is 1. The van der Waals surface area contributed by atoms with Crippen molar-refractivity contribution < 1.29 is 4.79 Å². The van der Waals surface area contributed by atoms with E-state index in [9.17, 15) is 4.79 Å². The first kappa shape index (κ1) is 14.4. The molecule has 1 N–H and O–H groups in total. The zero-order valence-electron chi connectivity index (χ0n) is 11.7. The summed E-state index contributed by atoms with van der Waals surface area (Å²) >= 11 is 3.47. The predicted molar refractivity (Wildman–Crippen MR) is 78.8 cm³/mol. The highest BCUT2D eigenvalue weighted by atomic mass is 79.9. The van der Waals surface area contributed by atoms with Crippen molar-refractivity contribution in [2.24, 2.45) is 23.2 Å². The first-order chi connectivity index (χ1) is 8.50. The summed E-state index contributed by atoms with van der Waals surface area (Å²) < 4.78 is 0. The molecule has 1 amide bonds. The van der Waals surface area contributed by atoms with Crippen LogP contribution in [0.15, 0.2) is 0 Å². The van der Waals surface area contributed by atoms with Crippen LogP contribution in [0.5, 0.6) is 0 Å². The fraction of sp³-hybridized carbons (Fsp3) is 0.933. The standard InChI is InChI=1S/C15H26BrNO/c1-15(2,5-6-16)10-17-14(18)9-13-8-11-3-4-12(13)7-11/h11-13H,3-10H2,1-2H3,(H,17,18). The van der Waals surface area contributed by atoms with E-state index in [1.807, 2.05) is 0 Å². The molecule has 2 aliphatic carbocycles. The Bertz CT molecular complexity index is 303. The van der Waals surface area contributed by atoms with Gasteiger partial charge < -0.3 is 5.32 Å². The second kappa shape index (κ2) is 5.94. The van der Waals surface area contributed by atoms with Gasteiger partial charge in [-0.15, -0.1) is 0 Å². The third kappa shape index (κ3) is 3.72. The van der Waals surface area contributed by atoms with E-state index in [1.54, 1.807) is 0 Å². The van der Waals surface area contributed by atoms with Crippen LogP contribution < -0.4 is 5.32 Å². The summed E-state index contributed by atoms with van der Waals surface area (Å²) in [5, 5.41) is 4.14. The molecular weight excluding hydrogens is 290 g/mol. The Hall–Kier alpha value is -0.0500. The van der Waals surface area contributed by atoms with E-state index in [1.165, 1.54) is 25.7 Å². The van der Waals surface area contributed by atoms with Gasteiger partial charge in [0.25, 0.3) is 0 Å². The number of alkyl halides is 1. The monoisotopic (exact) mass is 315 g/mol. The molecule has 0 aromatic carbocycles. The molecule has 3 heteroatoms. The van der Waals surface area contributed by atoms with Crippen molar-refractivity contribution in [3.8, 4) is 0 Å². The van der Waals surface area contributed by atoms with Gasteiger partial charge in [-0.05, 0) is 48.9 Å². The molecule has 3 unspecified atom stereocenters. The van der Waals surface area contributed by atoms with Crippen LogP contribution in [0.4, 0.5) is 0 Å². The summed E-state index contributed by atoms with van der Waals surface area (Å²) in [5.41, 5.74) is 0.202. The van der Waals surface area contributed by atoms with Gasteiger partial charge in [0.1, 0.15) is 0 Å². The van der Waals surface area contributed by atoms with Crippen LogP contribution in [0.2, 0.25) is 0 Å². The van der Waals surface area contributed by atoms with E-state index in [2.05, 4.69) is 35.1 Å². The predicted octanol–water partition coefficient (Wildman–Crippen LogP) is 3.74. The maximum atomic E-state index is 12.0. The lowest BCUT2D eigenvalue weighted by atomic mass is 9.86. The van der Waals surface area contributed by atoms with Crippen LogP contribution in [-0.2, 0) is 4.79 Å². The highest BCUT2D eigenvalue weighted by Gasteiger charge is 2.40. The van der Waals surface area contributed by atoms with Crippen molar-refractivity contribution in [2.75, 3.05) is 11.9 Å². The molecule has 2 fully saturated rings. The van der Waals surface area contributed by atoms with Crippen molar-refractivity contribution in [3.63, 3.8) is 0 Å². The van der Waals surface area contributed by atoms with Gasteiger partial charge in [-0.25, -0.2) is 0 Å². The Morgan fingerprint density at radius 3 is 2.67 bits per heavy atom. The fourth-order valence-electron chi connectivity index (χ4n) is 3.62. The van der Waals surface area contributed by atoms with Gasteiger partial charge >= 0.3 is 0 Å². The quantitative estimate of drug-likeness (QED) is 0.743. The van der Waals surface area contributed by atoms with Crippen LogP contribution in [0, 0.1) is 23.2 Å². The minimum Gasteiger partial charge on any atom is -0.356 e. The molecule has 18 heavy (non-hydrogen) atoms. The first-order valence-corrected chi connectivity index (χ1v) is 8.45. The van der Waals surface area contributed by atoms with E-state index in [-0.39, 0.29) is 11.3 Å². The normalized spacial score (nSPS) is 30.7. The molecule has 0 heterocycles. The Morgan fingerprint density at radius 2 is 2.11 bits per heavy atom. The van der Waals surface area contributed by atoms with Crippen LogP contribution in [-0.4, -0.2) is 17.8 Å². The van der Waals surface area contributed by atoms with Crippen LogP contribution in [0.3, 0.4) is 0 Å². The second-order valence-corrected chi connectivity index (χ2v) is 7.81. The summed E-state index contributed by atoms with van der Waals surface area (Å²) in [6, 6.07) is 0. The number of amides is 1. The Morgan fingerprint density at radius 1 is 1.33 bits per heavy atom. The highest BCUT2D eigenvalue weighted by molar-refractivity contribution is 9.09. The van der Waals surface area contributed by atoms with E-state index in [0.717, 1.165) is 36.6 Å². The number of carbonyl (C=O) groups is 1. The third-order valence-electron chi connectivity index (χ3n) is 4.87. The number of carbonyl (C=O) groups excluding carboxylic acids is 1. The molecule has 2 rings (SSSR count). The lowest BCUT2D eigenvalue weighted by Crippen LogP contribution is -2.35. The summed E-state index contributed by atoms with van der Waals surface area (Å²) in [5.74, 6) is 2.76. The van der Waals surface area contributed by atoms with Gasteiger partial charge in [0.05, 0.1) is 0 Å². The van der Waals surface area contributed by atoms with Crippen molar-refractivity contribution in [1.82, 2.24) is 5.32 Å². The number of rotatable bonds is 6. The molecule has 0 aromatic heterocycles. The van der Waals surface area contributed by atoms with E-state index >= 15 is 0 Å². The molecule has 3 atom stereocenters. The van der Waals surface area contributed by atoms with Crippen molar-refractivity contribution in [2.45, 2.75) is 52.4 Å². The van der Waals surface area contributed by atoms with E-state index in [0.29, 0.717) is 5.92 Å². The second-order valence-electron chi connectivity index (χ2n) is 7.02. The van der Waals surface area contributed by atoms with Crippen molar-refractivity contribution >= 4 is 21.8 Å². The van der Waals surface area contributed by atoms with Gasteiger partial charge in [-0.2, -0.15) is 0 Å². The smallest absolute Gasteiger partial charge is 0.220 e. The Labute approximate surface area is 119 Å². The molecule has 0 radical (unpaired) electrons. The minimum absolute atomic E-state index is 0.202. The molecule has 2 bridgehead atoms. The molecule has 104 valence electrons. The highest BCUT2D eigenvalue weighted by Crippen LogP contribution is 2.49. The zero-order valence-corrected chi connectivity index (χ0v) is 13.3. The molecule has 0 aliphatic heterocycles. The molecule has 2 saturated carbocycles. The molecule has 0 saturated heterocycles. The summed E-state index contributed by atoms with van der Waals surface area (Å²) in [6.45, 7) is 5.23. The van der Waals surface area contributed by atoms with Gasteiger partial charge in [0.2, 0.25) is 5.91 Å². The third-order valence-corrected chi connectivity index (χ3v) is 5.26. The van der Waals surface area contributed by atoms with Gasteiger partial charge in [0.15, 0.2) is 0 Å². The average molecular weight is 316 g/mol. The van der Waals surface area contributed by atoms with Crippen LogP contribution in [0.1, 0.15) is 52.4 Å². The maximum Gasteiger partial charge on any atom is 0.220 e. The lowest BCUT2D eigenvalue weighted by molar-refractivity contribution is -0.122. The fourth-order valence-corrected chi connectivity index (χ4v) is 4.69. The van der Waals surface area contributed by atoms with E-state index < -0.39 is 0 Å². The van der Waals surface area contributed by atoms with Crippen molar-refractivity contribution in [3.05, 3.63) is 0 Å². The summed E-state index contributed by atoms with van der Waals surface area (Å²) in [6.07, 6.45) is 7.36. The van der Waals surface area contributed by atoms with Gasteiger partial charge in [-0.1, -0.05) is 36.2 Å². The zero-order chi connectivity index (χ0) is 13.2. The minimum atomic E-state index is 0.202. The average Bonchev–Trinajstić information content (AvgIpc) is 2.88. The summed E-state index contributed by atoms with van der Waals surface area (Å²) in [7, 11) is 0. The van der Waals surface area contributed by atoms with Crippen LogP contribution in [0.25, 0.3) is 0 Å². The molecule has 2 nitrogen and oxygen atoms in total. The number of nitrogens with one attached hydrogen (secondary N) is 1. The number of halogens is 1. The van der Waals surface area contributed by atoms with E-state index in [4.69, 9.17) is 0 Å². The maximum absolute atomic E-state index is 12.0. The first-order valence-electron chi connectivity index (χ1n) is 7.33. The molecule has 2 aliphatic rings. The topological polar surface area (TPSA) is 29.1 Å². The molecule has 0 aromatic rings. The Balaban J connectivity index is 1.69. The largest absolute Gasteiger partial charge is 0.356 e. The molecule has 0 spiro atoms. The SMILES string of the molecule is CC(C)(CCBr)CNC(=O)CC1CC2CCC1C2. The number of hydrogen-bond acceptors (Lipinski definition) is 1. The Kier molecular flexibility index (Phi) is 4.74.